The van der Waals surface area contributed by atoms with Gasteiger partial charge in [-0.15, -0.1) is 0 Å². The average molecular weight is 818 g/mol. The van der Waals surface area contributed by atoms with E-state index in [0.717, 1.165) is 12.1 Å². The first-order chi connectivity index (χ1) is 28.4. The largest absolute Gasteiger partial charge is 0.473 e. The van der Waals surface area contributed by atoms with Gasteiger partial charge in [0.2, 0.25) is 5.88 Å². The first-order valence-corrected chi connectivity index (χ1v) is 19.0. The molecule has 0 saturated carbocycles. The van der Waals surface area contributed by atoms with E-state index in [-0.39, 0.29) is 41.3 Å². The van der Waals surface area contributed by atoms with Crippen molar-refractivity contribution < 1.29 is 46.4 Å². The van der Waals surface area contributed by atoms with Crippen LogP contribution in [0.2, 0.25) is 0 Å². The van der Waals surface area contributed by atoms with Crippen LogP contribution in [0.3, 0.4) is 0 Å². The number of nitrogens with zero attached hydrogens (tertiary/aromatic N) is 4. The zero-order valence-electron chi connectivity index (χ0n) is 33.9. The van der Waals surface area contributed by atoms with Gasteiger partial charge in [0.25, 0.3) is 0 Å². The summed E-state index contributed by atoms with van der Waals surface area (Å²) in [5, 5.41) is 0. The zero-order chi connectivity index (χ0) is 42.4. The molecule has 0 saturated heterocycles. The number of ether oxygens (including phenoxy) is 6. The van der Waals surface area contributed by atoms with Crippen molar-refractivity contribution in [3.05, 3.63) is 118 Å². The lowest BCUT2D eigenvalue weighted by Gasteiger charge is -2.19. The van der Waals surface area contributed by atoms with Gasteiger partial charge >= 0.3 is 5.97 Å². The minimum Gasteiger partial charge on any atom is -0.473 e. The number of carbonyl (C=O) groups is 1. The highest BCUT2D eigenvalue weighted by Gasteiger charge is 2.21. The molecule has 59 heavy (non-hydrogen) atoms. The van der Waals surface area contributed by atoms with Crippen LogP contribution in [0, 0.1) is 17.5 Å². The number of esters is 1. The van der Waals surface area contributed by atoms with Crippen LogP contribution in [-0.2, 0) is 43.3 Å². The fourth-order valence-corrected chi connectivity index (χ4v) is 5.89. The van der Waals surface area contributed by atoms with Gasteiger partial charge in [-0.1, -0.05) is 18.2 Å². The number of methoxy groups -OCH3 is 2. The number of halogens is 3. The van der Waals surface area contributed by atoms with E-state index in [0.29, 0.717) is 86.3 Å². The van der Waals surface area contributed by atoms with Crippen molar-refractivity contribution in [3.63, 3.8) is 0 Å². The minimum absolute atomic E-state index is 0.0407. The van der Waals surface area contributed by atoms with Gasteiger partial charge in [0, 0.05) is 62.4 Å². The normalized spacial score (nSPS) is 12.2. The van der Waals surface area contributed by atoms with E-state index in [9.17, 15) is 4.79 Å². The molecule has 5 rings (SSSR count). The Morgan fingerprint density at radius 3 is 2.27 bits per heavy atom. The van der Waals surface area contributed by atoms with Crippen LogP contribution in [0.15, 0.2) is 77.9 Å². The van der Waals surface area contributed by atoms with Crippen molar-refractivity contribution in [2.45, 2.75) is 45.9 Å². The number of aromatic nitrogens is 3. The van der Waals surface area contributed by atoms with Gasteiger partial charge in [0.15, 0.2) is 0 Å². The summed E-state index contributed by atoms with van der Waals surface area (Å²) in [7, 11) is 3.16. The smallest absolute Gasteiger partial charge is 0.338 e. The van der Waals surface area contributed by atoms with Gasteiger partial charge in [-0.2, -0.15) is 0 Å². The Kier molecular flexibility index (Phi) is 16.1. The Labute approximate surface area is 341 Å². The molecule has 2 aromatic heterocycles. The first-order valence-electron chi connectivity index (χ1n) is 19.0. The molecule has 15 heteroatoms. The van der Waals surface area contributed by atoms with Crippen LogP contribution in [0.25, 0.3) is 27.9 Å². The molecule has 0 unspecified atom stereocenters. The van der Waals surface area contributed by atoms with E-state index in [1.165, 1.54) is 18.3 Å². The average Bonchev–Trinajstić information content (AvgIpc) is 3.55. The van der Waals surface area contributed by atoms with Crippen molar-refractivity contribution in [2.75, 3.05) is 60.4 Å². The third-order valence-electron chi connectivity index (χ3n) is 8.81. The maximum Gasteiger partial charge on any atom is 0.338 e. The maximum atomic E-state index is 15.7. The van der Waals surface area contributed by atoms with Gasteiger partial charge in [-0.3, -0.25) is 4.99 Å². The molecule has 12 nitrogen and oxygen atoms in total. The first kappa shape index (κ1) is 44.5. The predicted octanol–water partition coefficient (Wildman–Crippen LogP) is 7.34. The number of hydrogen-bond acceptors (Lipinski definition) is 11. The number of imidazole rings is 1. The summed E-state index contributed by atoms with van der Waals surface area (Å²) in [6.45, 7) is 8.54. The number of benzene rings is 3. The Morgan fingerprint density at radius 1 is 0.814 bits per heavy atom. The Morgan fingerprint density at radius 2 is 1.54 bits per heavy atom. The highest BCUT2D eigenvalue weighted by molar-refractivity contribution is 6.09. The summed E-state index contributed by atoms with van der Waals surface area (Å²) in [6, 6.07) is 16.4. The van der Waals surface area contributed by atoms with Crippen LogP contribution in [0.1, 0.15) is 53.6 Å². The minimum atomic E-state index is -0.706. The van der Waals surface area contributed by atoms with Crippen LogP contribution in [0.5, 0.6) is 5.88 Å². The van der Waals surface area contributed by atoms with Crippen molar-refractivity contribution >= 4 is 28.8 Å². The molecule has 2 N–H and O–H groups in total. The van der Waals surface area contributed by atoms with Crippen molar-refractivity contribution in [1.82, 2.24) is 14.5 Å². The fraction of sp³-hybridized carbons (Fsp3) is 0.364. The van der Waals surface area contributed by atoms with Gasteiger partial charge < -0.3 is 38.7 Å². The molecule has 0 fully saturated rings. The number of fused-ring (bicyclic) bond motifs is 1. The Balaban J connectivity index is 1.23. The van der Waals surface area contributed by atoms with Crippen LogP contribution < -0.4 is 10.5 Å². The van der Waals surface area contributed by atoms with Gasteiger partial charge in [-0.25, -0.2) is 27.9 Å². The third kappa shape index (κ3) is 12.7. The summed E-state index contributed by atoms with van der Waals surface area (Å²) < 4.78 is 80.9. The lowest BCUT2D eigenvalue weighted by atomic mass is 10.0. The molecule has 0 aliphatic heterocycles. The summed E-state index contributed by atoms with van der Waals surface area (Å²) in [4.78, 5) is 26.2. The molecule has 0 aliphatic rings. The van der Waals surface area contributed by atoms with Crippen molar-refractivity contribution in [2.24, 2.45) is 10.7 Å². The van der Waals surface area contributed by atoms with E-state index in [4.69, 9.17) is 34.2 Å². The molecule has 3 aromatic carbocycles. The molecule has 2 heterocycles. The second kappa shape index (κ2) is 21.4. The number of pyridine rings is 1. The van der Waals surface area contributed by atoms with E-state index in [1.54, 1.807) is 83.7 Å². The summed E-state index contributed by atoms with van der Waals surface area (Å²) in [5.74, 6) is -1.85. The zero-order valence-corrected chi connectivity index (χ0v) is 33.9. The predicted molar refractivity (Wildman–Crippen MR) is 219 cm³/mol. The summed E-state index contributed by atoms with van der Waals surface area (Å²) >= 11 is 0. The second-order valence-corrected chi connectivity index (χ2v) is 14.3. The molecule has 314 valence electrons. The third-order valence-corrected chi connectivity index (χ3v) is 8.81. The number of aliphatic imine (C=N–C) groups is 1. The SMILES string of the molecule is COCCOCCOCCN=C/C(=C\N)c1ccc(COc2cccc(-c3cc(F)c(Cc4nc5ccc(C(=O)OC(C)(C)C)cc5n4CCOC)cc3F)n2)c(F)c1. The molecule has 0 aliphatic carbocycles. The van der Waals surface area contributed by atoms with E-state index in [2.05, 4.69) is 15.0 Å². The topological polar surface area (TPSA) is 142 Å². The quantitative estimate of drug-likeness (QED) is 0.0455. The number of hydrogen-bond donors (Lipinski definition) is 1. The van der Waals surface area contributed by atoms with Crippen molar-refractivity contribution in [3.8, 4) is 17.1 Å². The van der Waals surface area contributed by atoms with E-state index in [1.807, 2.05) is 4.57 Å². The van der Waals surface area contributed by atoms with Gasteiger partial charge in [-0.05, 0) is 74.4 Å². The number of allylic oxidation sites excluding steroid dienone is 1. The molecule has 0 atom stereocenters. The molecule has 0 bridgehead atoms. The van der Waals surface area contributed by atoms with Crippen LogP contribution >= 0.6 is 0 Å². The molecule has 0 spiro atoms. The molecule has 0 amide bonds. The van der Waals surface area contributed by atoms with E-state index < -0.39 is 29.0 Å². The summed E-state index contributed by atoms with van der Waals surface area (Å²) in [6.07, 6.45) is 2.85. The molecular formula is C44H50F3N5O7. The fourth-order valence-electron chi connectivity index (χ4n) is 5.89. The molecular weight excluding hydrogens is 768 g/mol. The highest BCUT2D eigenvalue weighted by Crippen LogP contribution is 2.29. The molecule has 5 aromatic rings. The monoisotopic (exact) mass is 817 g/mol. The maximum absolute atomic E-state index is 15.7. The van der Waals surface area contributed by atoms with Gasteiger partial charge in [0.05, 0.1) is 68.5 Å². The molecule has 0 radical (unpaired) electrons. The standard InChI is InChI=1S/C44H50F3N5O7/c1-44(2,3)59-43(53)30-11-12-39-40(23-30)52(14-16-54-4)41(50-39)24-32-22-37(47)34(25-36(32)46)38-7-6-8-42(51-38)58-28-31-10-9-29(21-35(31)45)33(26-48)27-49-13-15-56-19-20-57-18-17-55-5/h6-12,21-23,25-27H,13-20,24,28,48H2,1-5H3/b33-26+,49-27?. The Bertz CT molecular complexity index is 2250. The van der Waals surface area contributed by atoms with Gasteiger partial charge in [0.1, 0.15) is 35.5 Å². The van der Waals surface area contributed by atoms with Crippen LogP contribution in [0.4, 0.5) is 13.2 Å². The Hall–Kier alpha value is -5.61. The number of nitrogens with two attached hydrogens (primary N) is 1. The lowest BCUT2D eigenvalue weighted by Crippen LogP contribution is -2.23. The number of rotatable bonds is 21. The van der Waals surface area contributed by atoms with E-state index >= 15 is 13.2 Å². The second-order valence-electron chi connectivity index (χ2n) is 14.3. The number of carbonyl (C=O) groups excluding carboxylic acids is 1. The lowest BCUT2D eigenvalue weighted by molar-refractivity contribution is 0.00695. The summed E-state index contributed by atoms with van der Waals surface area (Å²) in [5.41, 5.74) is 8.07. The highest BCUT2D eigenvalue weighted by atomic mass is 19.1. The van der Waals surface area contributed by atoms with Crippen molar-refractivity contribution in [1.29, 1.82) is 0 Å². The van der Waals surface area contributed by atoms with Crippen LogP contribution in [-0.4, -0.2) is 92.7 Å².